The standard InChI is InChI=1S/C13H20N2O2/c1-5-16-6-2-10(1)12-9-13(15-14-12)11-3-7-17-8-4-11/h9-11H,1-8H2,(H,14,15). The molecule has 17 heavy (non-hydrogen) atoms. The van der Waals surface area contributed by atoms with Crippen LogP contribution in [-0.2, 0) is 9.47 Å². The van der Waals surface area contributed by atoms with Crippen molar-refractivity contribution in [2.75, 3.05) is 26.4 Å². The largest absolute Gasteiger partial charge is 0.381 e. The number of rotatable bonds is 2. The van der Waals surface area contributed by atoms with Gasteiger partial charge in [-0.2, -0.15) is 5.10 Å². The molecule has 3 rings (SSSR count). The fourth-order valence-corrected chi connectivity index (χ4v) is 2.77. The van der Waals surface area contributed by atoms with Crippen LogP contribution in [0.3, 0.4) is 0 Å². The summed E-state index contributed by atoms with van der Waals surface area (Å²) in [6, 6.07) is 2.27. The lowest BCUT2D eigenvalue weighted by Crippen LogP contribution is -2.14. The third kappa shape index (κ3) is 2.53. The number of hydrogen-bond donors (Lipinski definition) is 1. The van der Waals surface area contributed by atoms with Crippen LogP contribution in [0.1, 0.15) is 48.9 Å². The van der Waals surface area contributed by atoms with E-state index in [1.54, 1.807) is 0 Å². The Bertz CT molecular complexity index is 320. The first-order valence-electron chi connectivity index (χ1n) is 6.64. The Balaban J connectivity index is 1.68. The molecular formula is C13H20N2O2. The van der Waals surface area contributed by atoms with E-state index in [-0.39, 0.29) is 0 Å². The average molecular weight is 236 g/mol. The van der Waals surface area contributed by atoms with Crippen LogP contribution in [0.4, 0.5) is 0 Å². The molecule has 94 valence electrons. The summed E-state index contributed by atoms with van der Waals surface area (Å²) >= 11 is 0. The molecule has 2 aliphatic rings. The summed E-state index contributed by atoms with van der Waals surface area (Å²) < 4.78 is 10.8. The average Bonchev–Trinajstić information content (AvgIpc) is 2.90. The summed E-state index contributed by atoms with van der Waals surface area (Å²) in [5, 5.41) is 7.72. The molecule has 0 aromatic carbocycles. The van der Waals surface area contributed by atoms with Gasteiger partial charge in [0.25, 0.3) is 0 Å². The molecule has 0 aliphatic carbocycles. The Morgan fingerprint density at radius 2 is 1.53 bits per heavy atom. The molecule has 0 bridgehead atoms. The van der Waals surface area contributed by atoms with Crippen LogP contribution < -0.4 is 0 Å². The Kier molecular flexibility index (Phi) is 3.43. The number of hydrogen-bond acceptors (Lipinski definition) is 3. The molecule has 0 amide bonds. The van der Waals surface area contributed by atoms with Gasteiger partial charge < -0.3 is 9.47 Å². The Morgan fingerprint density at radius 3 is 2.18 bits per heavy atom. The van der Waals surface area contributed by atoms with Gasteiger partial charge in [-0.05, 0) is 31.7 Å². The lowest BCUT2D eigenvalue weighted by molar-refractivity contribution is 0.0842. The lowest BCUT2D eigenvalue weighted by Gasteiger charge is -2.21. The second-order valence-electron chi connectivity index (χ2n) is 5.02. The van der Waals surface area contributed by atoms with Gasteiger partial charge in [0.1, 0.15) is 0 Å². The minimum atomic E-state index is 0.591. The van der Waals surface area contributed by atoms with E-state index < -0.39 is 0 Å². The summed E-state index contributed by atoms with van der Waals surface area (Å²) in [6.45, 7) is 3.53. The molecular weight excluding hydrogens is 216 g/mol. The van der Waals surface area contributed by atoms with Gasteiger partial charge in [-0.3, -0.25) is 5.10 Å². The zero-order valence-corrected chi connectivity index (χ0v) is 10.2. The van der Waals surface area contributed by atoms with Gasteiger partial charge in [-0.15, -0.1) is 0 Å². The SMILES string of the molecule is c1c(C2CCOCC2)n[nH]c1C1CCOCC1. The second-order valence-corrected chi connectivity index (χ2v) is 5.02. The maximum absolute atomic E-state index is 5.39. The number of ether oxygens (including phenoxy) is 2. The van der Waals surface area contributed by atoms with Crippen molar-refractivity contribution >= 4 is 0 Å². The molecule has 0 unspecified atom stereocenters. The van der Waals surface area contributed by atoms with E-state index in [9.17, 15) is 0 Å². The summed E-state index contributed by atoms with van der Waals surface area (Å²) in [4.78, 5) is 0. The predicted octanol–water partition coefficient (Wildman–Crippen LogP) is 2.20. The van der Waals surface area contributed by atoms with E-state index in [1.807, 2.05) is 0 Å². The molecule has 4 nitrogen and oxygen atoms in total. The van der Waals surface area contributed by atoms with Gasteiger partial charge in [0.15, 0.2) is 0 Å². The van der Waals surface area contributed by atoms with Crippen molar-refractivity contribution in [1.82, 2.24) is 10.2 Å². The molecule has 0 radical (unpaired) electrons. The second kappa shape index (κ2) is 5.19. The molecule has 0 saturated carbocycles. The van der Waals surface area contributed by atoms with Crippen molar-refractivity contribution in [1.29, 1.82) is 0 Å². The minimum absolute atomic E-state index is 0.591. The van der Waals surface area contributed by atoms with Crippen LogP contribution in [0.2, 0.25) is 0 Å². The fraction of sp³-hybridized carbons (Fsp3) is 0.769. The first kappa shape index (κ1) is 11.2. The highest BCUT2D eigenvalue weighted by Gasteiger charge is 2.22. The Morgan fingerprint density at radius 1 is 0.941 bits per heavy atom. The number of nitrogens with zero attached hydrogens (tertiary/aromatic N) is 1. The highest BCUT2D eigenvalue weighted by atomic mass is 16.5. The highest BCUT2D eigenvalue weighted by Crippen LogP contribution is 2.30. The number of nitrogens with one attached hydrogen (secondary N) is 1. The first-order valence-corrected chi connectivity index (χ1v) is 6.64. The van der Waals surface area contributed by atoms with Crippen molar-refractivity contribution in [3.05, 3.63) is 17.5 Å². The van der Waals surface area contributed by atoms with E-state index in [0.29, 0.717) is 11.8 Å². The van der Waals surface area contributed by atoms with E-state index in [2.05, 4.69) is 16.3 Å². The quantitative estimate of drug-likeness (QED) is 0.856. The van der Waals surface area contributed by atoms with Crippen LogP contribution in [0, 0.1) is 0 Å². The normalized spacial score (nSPS) is 24.0. The summed E-state index contributed by atoms with van der Waals surface area (Å²) in [6.07, 6.45) is 4.46. The Labute approximate surface area is 102 Å². The van der Waals surface area contributed by atoms with Crippen molar-refractivity contribution in [2.24, 2.45) is 0 Å². The van der Waals surface area contributed by atoms with Crippen LogP contribution in [0.25, 0.3) is 0 Å². The predicted molar refractivity (Wildman–Crippen MR) is 64.2 cm³/mol. The number of aromatic nitrogens is 2. The number of aromatic amines is 1. The molecule has 4 heteroatoms. The topological polar surface area (TPSA) is 47.1 Å². The zero-order chi connectivity index (χ0) is 11.5. The van der Waals surface area contributed by atoms with Gasteiger partial charge in [-0.1, -0.05) is 0 Å². The molecule has 1 aromatic heterocycles. The summed E-state index contributed by atoms with van der Waals surface area (Å²) in [5.74, 6) is 1.21. The molecule has 2 saturated heterocycles. The molecule has 2 aliphatic heterocycles. The van der Waals surface area contributed by atoms with Crippen molar-refractivity contribution in [3.8, 4) is 0 Å². The smallest absolute Gasteiger partial charge is 0.0657 e. The van der Waals surface area contributed by atoms with Crippen LogP contribution in [0.5, 0.6) is 0 Å². The molecule has 3 heterocycles. The molecule has 0 spiro atoms. The molecule has 1 aromatic rings. The zero-order valence-electron chi connectivity index (χ0n) is 10.2. The van der Waals surface area contributed by atoms with Crippen molar-refractivity contribution < 1.29 is 9.47 Å². The first-order chi connectivity index (χ1) is 8.43. The van der Waals surface area contributed by atoms with Gasteiger partial charge in [0.05, 0.1) is 5.69 Å². The highest BCUT2D eigenvalue weighted by molar-refractivity contribution is 5.17. The van der Waals surface area contributed by atoms with Crippen molar-refractivity contribution in [2.45, 2.75) is 37.5 Å². The van der Waals surface area contributed by atoms with E-state index in [4.69, 9.17) is 9.47 Å². The molecule has 2 fully saturated rings. The Hall–Kier alpha value is -0.870. The van der Waals surface area contributed by atoms with Gasteiger partial charge in [-0.25, -0.2) is 0 Å². The summed E-state index contributed by atoms with van der Waals surface area (Å²) in [7, 11) is 0. The van der Waals surface area contributed by atoms with Crippen LogP contribution >= 0.6 is 0 Å². The van der Waals surface area contributed by atoms with E-state index in [0.717, 1.165) is 52.1 Å². The van der Waals surface area contributed by atoms with E-state index in [1.165, 1.54) is 11.4 Å². The third-order valence-electron chi connectivity index (χ3n) is 3.92. The van der Waals surface area contributed by atoms with Gasteiger partial charge in [0, 0.05) is 44.0 Å². The maximum atomic E-state index is 5.39. The molecule has 0 atom stereocenters. The fourth-order valence-electron chi connectivity index (χ4n) is 2.77. The van der Waals surface area contributed by atoms with Gasteiger partial charge in [0.2, 0.25) is 0 Å². The van der Waals surface area contributed by atoms with Gasteiger partial charge >= 0.3 is 0 Å². The number of H-pyrrole nitrogens is 1. The maximum Gasteiger partial charge on any atom is 0.0657 e. The van der Waals surface area contributed by atoms with Crippen LogP contribution in [-0.4, -0.2) is 36.6 Å². The van der Waals surface area contributed by atoms with E-state index >= 15 is 0 Å². The third-order valence-corrected chi connectivity index (χ3v) is 3.92. The lowest BCUT2D eigenvalue weighted by atomic mass is 9.93. The minimum Gasteiger partial charge on any atom is -0.381 e. The van der Waals surface area contributed by atoms with Crippen molar-refractivity contribution in [3.63, 3.8) is 0 Å². The monoisotopic (exact) mass is 236 g/mol. The van der Waals surface area contributed by atoms with Crippen LogP contribution in [0.15, 0.2) is 6.07 Å². The summed E-state index contributed by atoms with van der Waals surface area (Å²) in [5.41, 5.74) is 2.53. The molecule has 1 N–H and O–H groups in total.